The summed E-state index contributed by atoms with van der Waals surface area (Å²) in [5.41, 5.74) is 6.61. The smallest absolute Gasteiger partial charge is 0.243 e. The maximum absolute atomic E-state index is 5.67. The minimum absolute atomic E-state index is 0.230. The average molecular weight is 249 g/mol. The Hall–Kier alpha value is -1.33. The minimum Gasteiger partial charge on any atom is -0.337 e. The molecule has 1 aromatic carbocycles. The maximum atomic E-state index is 5.67. The van der Waals surface area contributed by atoms with Crippen LogP contribution in [0.15, 0.2) is 33.7 Å². The first-order valence-corrected chi connectivity index (χ1v) is 6.51. The van der Waals surface area contributed by atoms with Gasteiger partial charge in [-0.05, 0) is 36.9 Å². The van der Waals surface area contributed by atoms with E-state index in [2.05, 4.69) is 29.2 Å². The van der Waals surface area contributed by atoms with Gasteiger partial charge in [0.05, 0.1) is 6.04 Å². The Morgan fingerprint density at radius 1 is 1.35 bits per heavy atom. The van der Waals surface area contributed by atoms with Crippen molar-refractivity contribution in [1.29, 1.82) is 0 Å². The van der Waals surface area contributed by atoms with Gasteiger partial charge in [-0.3, -0.25) is 0 Å². The summed E-state index contributed by atoms with van der Waals surface area (Å²) < 4.78 is 5.07. The van der Waals surface area contributed by atoms with Crippen molar-refractivity contribution in [3.05, 3.63) is 30.2 Å². The Balaban J connectivity index is 2.21. The molecule has 0 aliphatic rings. The molecule has 2 rings (SSSR count). The number of hydrogen-bond acceptors (Lipinski definition) is 5. The van der Waals surface area contributed by atoms with Crippen LogP contribution in [-0.2, 0) is 0 Å². The molecule has 1 atom stereocenters. The van der Waals surface area contributed by atoms with Gasteiger partial charge in [-0.25, -0.2) is 0 Å². The number of thioether (sulfide) groups is 1. The van der Waals surface area contributed by atoms with E-state index in [0.717, 1.165) is 11.3 Å². The average Bonchev–Trinajstić information content (AvgIpc) is 2.80. The van der Waals surface area contributed by atoms with Gasteiger partial charge in [-0.15, -0.1) is 11.8 Å². The Morgan fingerprint density at radius 2 is 2.06 bits per heavy atom. The van der Waals surface area contributed by atoms with E-state index in [9.17, 15) is 0 Å². The van der Waals surface area contributed by atoms with Gasteiger partial charge in [0.15, 0.2) is 0 Å². The molecule has 1 unspecified atom stereocenters. The van der Waals surface area contributed by atoms with Crippen LogP contribution in [0.2, 0.25) is 0 Å². The molecule has 0 bridgehead atoms. The lowest BCUT2D eigenvalue weighted by molar-refractivity contribution is 0.362. The largest absolute Gasteiger partial charge is 0.337 e. The van der Waals surface area contributed by atoms with E-state index in [-0.39, 0.29) is 6.04 Å². The fourth-order valence-electron chi connectivity index (χ4n) is 1.40. The SMILES string of the molecule is CCSc1ccc(-c2noc(C(C)N)n2)cc1. The normalized spacial score (nSPS) is 12.6. The van der Waals surface area contributed by atoms with Gasteiger partial charge in [0.2, 0.25) is 11.7 Å². The Labute approximate surface area is 105 Å². The van der Waals surface area contributed by atoms with Crippen LogP contribution in [0, 0.1) is 0 Å². The van der Waals surface area contributed by atoms with Crippen LogP contribution in [0.4, 0.5) is 0 Å². The van der Waals surface area contributed by atoms with E-state index in [4.69, 9.17) is 10.3 Å². The van der Waals surface area contributed by atoms with Gasteiger partial charge in [0.1, 0.15) is 0 Å². The van der Waals surface area contributed by atoms with E-state index in [1.54, 1.807) is 11.8 Å². The fourth-order valence-corrected chi connectivity index (χ4v) is 2.07. The first-order valence-electron chi connectivity index (χ1n) is 5.53. The monoisotopic (exact) mass is 249 g/mol. The molecule has 0 fully saturated rings. The zero-order valence-corrected chi connectivity index (χ0v) is 10.7. The second-order valence-corrected chi connectivity index (χ2v) is 5.04. The van der Waals surface area contributed by atoms with Crippen LogP contribution in [0.1, 0.15) is 25.8 Å². The van der Waals surface area contributed by atoms with Gasteiger partial charge in [0.25, 0.3) is 0 Å². The lowest BCUT2D eigenvalue weighted by Gasteiger charge is -1.99. The van der Waals surface area contributed by atoms with E-state index in [1.165, 1.54) is 4.90 Å². The van der Waals surface area contributed by atoms with Crippen LogP contribution in [-0.4, -0.2) is 15.9 Å². The van der Waals surface area contributed by atoms with Gasteiger partial charge in [-0.2, -0.15) is 4.98 Å². The molecular formula is C12H15N3OS. The van der Waals surface area contributed by atoms with Crippen molar-refractivity contribution in [3.8, 4) is 11.4 Å². The summed E-state index contributed by atoms with van der Waals surface area (Å²) in [7, 11) is 0. The van der Waals surface area contributed by atoms with Gasteiger partial charge < -0.3 is 10.3 Å². The second kappa shape index (κ2) is 5.33. The topological polar surface area (TPSA) is 64.9 Å². The molecule has 0 spiro atoms. The molecule has 0 saturated carbocycles. The molecule has 1 aromatic heterocycles. The minimum atomic E-state index is -0.230. The number of nitrogens with zero attached hydrogens (tertiary/aromatic N) is 2. The third-order valence-corrected chi connectivity index (χ3v) is 3.15. The second-order valence-electron chi connectivity index (χ2n) is 3.70. The summed E-state index contributed by atoms with van der Waals surface area (Å²) in [6.07, 6.45) is 0. The van der Waals surface area contributed by atoms with Crippen molar-refractivity contribution in [2.75, 3.05) is 5.75 Å². The first kappa shape index (κ1) is 12.1. The van der Waals surface area contributed by atoms with Crippen LogP contribution < -0.4 is 5.73 Å². The van der Waals surface area contributed by atoms with E-state index in [0.29, 0.717) is 11.7 Å². The van der Waals surface area contributed by atoms with E-state index in [1.807, 2.05) is 19.1 Å². The third-order valence-electron chi connectivity index (χ3n) is 2.25. The highest BCUT2D eigenvalue weighted by Gasteiger charge is 2.11. The summed E-state index contributed by atoms with van der Waals surface area (Å²) in [4.78, 5) is 5.49. The molecule has 5 heteroatoms. The lowest BCUT2D eigenvalue weighted by atomic mass is 10.2. The van der Waals surface area contributed by atoms with Crippen molar-refractivity contribution in [1.82, 2.24) is 10.1 Å². The highest BCUT2D eigenvalue weighted by atomic mass is 32.2. The summed E-state index contributed by atoms with van der Waals surface area (Å²) in [5.74, 6) is 2.12. The number of benzene rings is 1. The summed E-state index contributed by atoms with van der Waals surface area (Å²) in [6.45, 7) is 3.95. The third kappa shape index (κ3) is 2.87. The standard InChI is InChI=1S/C12H15N3OS/c1-3-17-10-6-4-9(5-7-10)11-14-12(8(2)13)16-15-11/h4-8H,3,13H2,1-2H3. The first-order chi connectivity index (χ1) is 8.20. The molecule has 0 amide bonds. The van der Waals surface area contributed by atoms with Crippen molar-refractivity contribution in [3.63, 3.8) is 0 Å². The molecular weight excluding hydrogens is 234 g/mol. The summed E-state index contributed by atoms with van der Waals surface area (Å²) in [5, 5.41) is 3.91. The van der Waals surface area contributed by atoms with Crippen molar-refractivity contribution in [2.45, 2.75) is 24.8 Å². The maximum Gasteiger partial charge on any atom is 0.243 e. The summed E-state index contributed by atoms with van der Waals surface area (Å²) >= 11 is 1.81. The predicted octanol–water partition coefficient (Wildman–Crippen LogP) is 2.87. The predicted molar refractivity (Wildman–Crippen MR) is 68.7 cm³/mol. The van der Waals surface area contributed by atoms with Crippen molar-refractivity contribution < 1.29 is 4.52 Å². The quantitative estimate of drug-likeness (QED) is 0.844. The number of nitrogens with two attached hydrogens (primary N) is 1. The zero-order chi connectivity index (χ0) is 12.3. The van der Waals surface area contributed by atoms with Gasteiger partial charge in [-0.1, -0.05) is 12.1 Å². The number of rotatable bonds is 4. The molecule has 90 valence electrons. The molecule has 4 nitrogen and oxygen atoms in total. The van der Waals surface area contributed by atoms with Crippen molar-refractivity contribution in [2.24, 2.45) is 5.73 Å². The molecule has 0 saturated heterocycles. The molecule has 17 heavy (non-hydrogen) atoms. The number of hydrogen-bond donors (Lipinski definition) is 1. The highest BCUT2D eigenvalue weighted by Crippen LogP contribution is 2.22. The van der Waals surface area contributed by atoms with Crippen LogP contribution in [0.3, 0.4) is 0 Å². The van der Waals surface area contributed by atoms with Crippen molar-refractivity contribution >= 4 is 11.8 Å². The van der Waals surface area contributed by atoms with Crippen LogP contribution in [0.25, 0.3) is 11.4 Å². The molecule has 2 aromatic rings. The Kier molecular flexibility index (Phi) is 3.81. The summed E-state index contributed by atoms with van der Waals surface area (Å²) in [6, 6.07) is 7.88. The van der Waals surface area contributed by atoms with Gasteiger partial charge in [0, 0.05) is 10.5 Å². The molecule has 1 heterocycles. The molecule has 0 radical (unpaired) electrons. The Morgan fingerprint density at radius 3 is 2.59 bits per heavy atom. The highest BCUT2D eigenvalue weighted by molar-refractivity contribution is 7.99. The molecule has 0 aliphatic heterocycles. The van der Waals surface area contributed by atoms with Crippen LogP contribution in [0.5, 0.6) is 0 Å². The Bertz CT molecular complexity index is 479. The lowest BCUT2D eigenvalue weighted by Crippen LogP contribution is -2.04. The number of aromatic nitrogens is 2. The van der Waals surface area contributed by atoms with Gasteiger partial charge >= 0.3 is 0 Å². The van der Waals surface area contributed by atoms with E-state index < -0.39 is 0 Å². The van der Waals surface area contributed by atoms with Crippen LogP contribution >= 0.6 is 11.8 Å². The van der Waals surface area contributed by atoms with E-state index >= 15 is 0 Å². The molecule has 0 aliphatic carbocycles. The molecule has 2 N–H and O–H groups in total. The zero-order valence-electron chi connectivity index (χ0n) is 9.88. The fraction of sp³-hybridized carbons (Fsp3) is 0.333.